The number of thioether (sulfide) groups is 1. The molecule has 1 aliphatic heterocycles. The highest BCUT2D eigenvalue weighted by Gasteiger charge is 2.28. The van der Waals surface area contributed by atoms with Crippen LogP contribution in [0.1, 0.15) is 26.7 Å². The van der Waals surface area contributed by atoms with Crippen molar-refractivity contribution < 1.29 is 4.79 Å². The van der Waals surface area contributed by atoms with Crippen LogP contribution in [0.4, 0.5) is 0 Å². The van der Waals surface area contributed by atoms with Gasteiger partial charge < -0.3 is 10.2 Å². The second kappa shape index (κ2) is 8.20. The molecule has 1 N–H and O–H groups in total. The van der Waals surface area contributed by atoms with Gasteiger partial charge in [-0.25, -0.2) is 0 Å². The van der Waals surface area contributed by atoms with Crippen LogP contribution < -0.4 is 5.32 Å². The summed E-state index contributed by atoms with van der Waals surface area (Å²) in [5.74, 6) is 1.41. The summed E-state index contributed by atoms with van der Waals surface area (Å²) in [6, 6.07) is 0.394. The maximum absolute atomic E-state index is 11.9. The number of hydrogen-bond acceptors (Lipinski definition) is 3. The molecule has 1 aliphatic rings. The van der Waals surface area contributed by atoms with Gasteiger partial charge in [-0.3, -0.25) is 4.79 Å². The number of carbonyl (C=O) groups is 1. The van der Waals surface area contributed by atoms with Gasteiger partial charge in [0.05, 0.1) is 0 Å². The normalized spacial score (nSPS) is 25.1. The lowest BCUT2D eigenvalue weighted by Crippen LogP contribution is -2.48. The molecule has 2 atom stereocenters. The van der Waals surface area contributed by atoms with Gasteiger partial charge in [-0.1, -0.05) is 6.92 Å². The van der Waals surface area contributed by atoms with Crippen molar-refractivity contribution in [3.05, 3.63) is 0 Å². The molecule has 0 aromatic heterocycles. The lowest BCUT2D eigenvalue weighted by molar-refractivity contribution is -0.133. The second-order valence-corrected chi connectivity index (χ2v) is 5.60. The van der Waals surface area contributed by atoms with Gasteiger partial charge in [-0.2, -0.15) is 11.8 Å². The van der Waals surface area contributed by atoms with Crippen LogP contribution in [0.25, 0.3) is 0 Å². The van der Waals surface area contributed by atoms with Crippen LogP contribution >= 0.6 is 24.2 Å². The molecule has 1 rings (SSSR count). The first-order valence-electron chi connectivity index (χ1n) is 5.72. The Kier molecular flexibility index (Phi) is 8.24. The smallest absolute Gasteiger partial charge is 0.222 e. The van der Waals surface area contributed by atoms with E-state index < -0.39 is 0 Å². The van der Waals surface area contributed by atoms with E-state index >= 15 is 0 Å². The first kappa shape index (κ1) is 16.1. The number of amides is 1. The topological polar surface area (TPSA) is 32.3 Å². The minimum atomic E-state index is 0. The summed E-state index contributed by atoms with van der Waals surface area (Å²) < 4.78 is 0. The number of nitrogens with one attached hydrogen (secondary N) is 1. The van der Waals surface area contributed by atoms with E-state index in [0.717, 1.165) is 25.3 Å². The highest BCUT2D eigenvalue weighted by atomic mass is 35.5. The molecular formula is C11H23ClN2OS. The minimum Gasteiger partial charge on any atom is -0.338 e. The van der Waals surface area contributed by atoms with Gasteiger partial charge in [-0.05, 0) is 26.9 Å². The largest absolute Gasteiger partial charge is 0.338 e. The molecule has 3 nitrogen and oxygen atoms in total. The fraction of sp³-hybridized carbons (Fsp3) is 0.909. The molecule has 5 heteroatoms. The predicted molar refractivity (Wildman–Crippen MR) is 73.5 cm³/mol. The number of nitrogens with zero attached hydrogens (tertiary/aromatic N) is 1. The highest BCUT2D eigenvalue weighted by Crippen LogP contribution is 2.24. The fourth-order valence-electron chi connectivity index (χ4n) is 1.85. The molecule has 0 aromatic carbocycles. The fourth-order valence-corrected chi connectivity index (χ4v) is 2.94. The van der Waals surface area contributed by atoms with Crippen LogP contribution in [0.2, 0.25) is 0 Å². The Morgan fingerprint density at radius 2 is 2.19 bits per heavy atom. The van der Waals surface area contributed by atoms with E-state index in [4.69, 9.17) is 0 Å². The number of hydrogen-bond donors (Lipinski definition) is 1. The Morgan fingerprint density at radius 1 is 1.50 bits per heavy atom. The molecule has 1 heterocycles. The lowest BCUT2D eigenvalue weighted by Gasteiger charge is -2.37. The maximum atomic E-state index is 11.9. The lowest BCUT2D eigenvalue weighted by atomic mass is 10.1. The molecule has 1 saturated heterocycles. The van der Waals surface area contributed by atoms with Gasteiger partial charge in [0.1, 0.15) is 0 Å². The van der Waals surface area contributed by atoms with Crippen molar-refractivity contribution in [3.8, 4) is 0 Å². The van der Waals surface area contributed by atoms with Crippen molar-refractivity contribution in [2.75, 3.05) is 25.9 Å². The monoisotopic (exact) mass is 266 g/mol. The molecule has 0 bridgehead atoms. The summed E-state index contributed by atoms with van der Waals surface area (Å²) in [6.07, 6.45) is 1.63. The van der Waals surface area contributed by atoms with Gasteiger partial charge >= 0.3 is 0 Å². The van der Waals surface area contributed by atoms with E-state index in [1.165, 1.54) is 0 Å². The maximum Gasteiger partial charge on any atom is 0.222 e. The summed E-state index contributed by atoms with van der Waals surface area (Å²) in [5.41, 5.74) is 0. The summed E-state index contributed by atoms with van der Waals surface area (Å²) >= 11 is 1.97. The van der Waals surface area contributed by atoms with Crippen molar-refractivity contribution >= 4 is 30.1 Å². The second-order valence-electron chi connectivity index (χ2n) is 4.11. The third kappa shape index (κ3) is 4.52. The quantitative estimate of drug-likeness (QED) is 0.787. The van der Waals surface area contributed by atoms with E-state index in [9.17, 15) is 4.79 Å². The molecular weight excluding hydrogens is 244 g/mol. The SMILES string of the molecule is CNCCCC(=O)N1CCSC(C)C1C.Cl. The number of halogens is 1. The summed E-state index contributed by atoms with van der Waals surface area (Å²) in [5, 5.41) is 3.65. The average molecular weight is 267 g/mol. The predicted octanol–water partition coefficient (Wildman–Crippen LogP) is 1.76. The molecule has 0 radical (unpaired) electrons. The number of rotatable bonds is 4. The highest BCUT2D eigenvalue weighted by molar-refractivity contribution is 8.00. The van der Waals surface area contributed by atoms with Crippen molar-refractivity contribution in [3.63, 3.8) is 0 Å². The first-order valence-corrected chi connectivity index (χ1v) is 6.77. The van der Waals surface area contributed by atoms with Crippen LogP contribution in [-0.2, 0) is 4.79 Å². The third-order valence-electron chi connectivity index (χ3n) is 3.02. The Morgan fingerprint density at radius 3 is 2.81 bits per heavy atom. The Labute approximate surface area is 109 Å². The van der Waals surface area contributed by atoms with Gasteiger partial charge in [0.15, 0.2) is 0 Å². The van der Waals surface area contributed by atoms with Crippen LogP contribution in [-0.4, -0.2) is 48.0 Å². The van der Waals surface area contributed by atoms with Gasteiger partial charge in [0.25, 0.3) is 0 Å². The van der Waals surface area contributed by atoms with E-state index in [-0.39, 0.29) is 12.4 Å². The first-order chi connectivity index (χ1) is 7.16. The summed E-state index contributed by atoms with van der Waals surface area (Å²) in [7, 11) is 1.92. The molecule has 1 fully saturated rings. The van der Waals surface area contributed by atoms with Crippen LogP contribution in [0.5, 0.6) is 0 Å². The molecule has 0 saturated carbocycles. The molecule has 1 amide bonds. The van der Waals surface area contributed by atoms with Crippen molar-refractivity contribution in [1.82, 2.24) is 10.2 Å². The van der Waals surface area contributed by atoms with E-state index in [1.807, 2.05) is 18.8 Å². The standard InChI is InChI=1S/C11H22N2OS.ClH/c1-9-10(2)15-8-7-13(9)11(14)5-4-6-12-3;/h9-10,12H,4-8H2,1-3H3;1H. The Bertz CT molecular complexity index is 216. The zero-order valence-electron chi connectivity index (χ0n) is 10.4. The molecule has 16 heavy (non-hydrogen) atoms. The van der Waals surface area contributed by atoms with Crippen molar-refractivity contribution in [2.24, 2.45) is 0 Å². The van der Waals surface area contributed by atoms with Crippen LogP contribution in [0.3, 0.4) is 0 Å². The van der Waals surface area contributed by atoms with Crippen LogP contribution in [0.15, 0.2) is 0 Å². The number of carbonyl (C=O) groups excluding carboxylic acids is 1. The van der Waals surface area contributed by atoms with E-state index in [1.54, 1.807) is 0 Å². The van der Waals surface area contributed by atoms with Crippen molar-refractivity contribution in [1.29, 1.82) is 0 Å². The van der Waals surface area contributed by atoms with E-state index in [2.05, 4.69) is 24.1 Å². The summed E-state index contributed by atoms with van der Waals surface area (Å²) in [4.78, 5) is 14.0. The molecule has 0 aromatic rings. The molecule has 0 spiro atoms. The molecule has 96 valence electrons. The van der Waals surface area contributed by atoms with Gasteiger partial charge in [0, 0.05) is 30.0 Å². The van der Waals surface area contributed by atoms with Gasteiger partial charge in [0.2, 0.25) is 5.91 Å². The molecule has 2 unspecified atom stereocenters. The van der Waals surface area contributed by atoms with E-state index in [0.29, 0.717) is 23.6 Å². The third-order valence-corrected chi connectivity index (χ3v) is 4.36. The van der Waals surface area contributed by atoms with Crippen molar-refractivity contribution in [2.45, 2.75) is 38.0 Å². The Hall–Kier alpha value is 0.0700. The zero-order valence-corrected chi connectivity index (χ0v) is 12.0. The Balaban J connectivity index is 0.00000225. The zero-order chi connectivity index (χ0) is 11.3. The molecule has 0 aliphatic carbocycles. The van der Waals surface area contributed by atoms with Crippen LogP contribution in [0, 0.1) is 0 Å². The average Bonchev–Trinajstić information content (AvgIpc) is 2.22. The van der Waals surface area contributed by atoms with Gasteiger partial charge in [-0.15, -0.1) is 12.4 Å². The summed E-state index contributed by atoms with van der Waals surface area (Å²) in [6.45, 7) is 6.22. The minimum absolute atomic E-state index is 0.